The maximum Gasteiger partial charge on any atom is 0.275 e. The fraction of sp³-hybridized carbons (Fsp3) is 0.100. The van der Waals surface area contributed by atoms with E-state index in [1.807, 2.05) is 30.3 Å². The van der Waals surface area contributed by atoms with E-state index in [1.165, 1.54) is 20.4 Å². The number of fused-ring (bicyclic) bond motifs is 1. The molecule has 0 aliphatic heterocycles. The van der Waals surface area contributed by atoms with E-state index in [4.69, 9.17) is 9.47 Å². The van der Waals surface area contributed by atoms with Gasteiger partial charge in [0.15, 0.2) is 11.5 Å². The summed E-state index contributed by atoms with van der Waals surface area (Å²) in [6.07, 6.45) is 1.46. The molecule has 0 heterocycles. The van der Waals surface area contributed by atoms with Crippen LogP contribution >= 0.6 is 15.9 Å². The summed E-state index contributed by atoms with van der Waals surface area (Å²) in [4.78, 5) is 12.5. The zero-order valence-corrected chi connectivity index (χ0v) is 16.3. The highest BCUT2D eigenvalue weighted by Crippen LogP contribution is 2.34. The van der Waals surface area contributed by atoms with Crippen LogP contribution in [0.4, 0.5) is 0 Å². The number of hydrogen-bond donors (Lipinski definition) is 2. The van der Waals surface area contributed by atoms with Gasteiger partial charge in [0.2, 0.25) is 0 Å². The highest BCUT2D eigenvalue weighted by atomic mass is 79.9. The smallest absolute Gasteiger partial charge is 0.275 e. The molecule has 0 aliphatic rings. The van der Waals surface area contributed by atoms with Gasteiger partial charge in [-0.1, -0.05) is 24.3 Å². The number of rotatable bonds is 5. The molecule has 2 N–H and O–H groups in total. The number of halogens is 1. The third-order valence-electron chi connectivity index (χ3n) is 3.96. The number of hydrazone groups is 1. The number of aromatic hydroxyl groups is 1. The maximum atomic E-state index is 12.5. The lowest BCUT2D eigenvalue weighted by Crippen LogP contribution is -2.18. The molecule has 0 aromatic heterocycles. The van der Waals surface area contributed by atoms with Gasteiger partial charge in [-0.25, -0.2) is 5.43 Å². The van der Waals surface area contributed by atoms with E-state index in [-0.39, 0.29) is 5.75 Å². The number of carbonyl (C=O) groups excluding carboxylic acids is 1. The van der Waals surface area contributed by atoms with Crippen molar-refractivity contribution in [1.29, 1.82) is 0 Å². The fourth-order valence-corrected chi connectivity index (χ4v) is 3.08. The summed E-state index contributed by atoms with van der Waals surface area (Å²) in [7, 11) is 2.97. The molecule has 3 aromatic rings. The summed E-state index contributed by atoms with van der Waals surface area (Å²) in [5.41, 5.74) is 3.52. The van der Waals surface area contributed by atoms with Crippen LogP contribution in [0.15, 0.2) is 58.1 Å². The Hall–Kier alpha value is -3.06. The molecule has 0 atom stereocenters. The Bertz CT molecular complexity index is 1030. The van der Waals surface area contributed by atoms with Crippen molar-refractivity contribution in [2.24, 2.45) is 5.10 Å². The van der Waals surface area contributed by atoms with E-state index in [1.54, 1.807) is 18.2 Å². The lowest BCUT2D eigenvalue weighted by Gasteiger charge is -2.09. The molecular weight excluding hydrogens is 412 g/mol. The standard InChI is InChI=1S/C20H17BrN2O4/c1-26-17-10-14-6-4-3-5-13(14)9-15(17)20(25)23-22-11-12-7-16(21)19(24)18(8-12)27-2/h3-11,24H,1-2H3,(H,23,25)/b22-11+. The van der Waals surface area contributed by atoms with Crippen LogP contribution in [-0.4, -0.2) is 31.4 Å². The van der Waals surface area contributed by atoms with Crippen LogP contribution in [0.3, 0.4) is 0 Å². The molecule has 7 heteroatoms. The van der Waals surface area contributed by atoms with E-state index < -0.39 is 5.91 Å². The van der Waals surface area contributed by atoms with Crippen LogP contribution in [0.5, 0.6) is 17.2 Å². The van der Waals surface area contributed by atoms with Crippen molar-refractivity contribution in [3.05, 3.63) is 64.1 Å². The van der Waals surface area contributed by atoms with Crippen molar-refractivity contribution in [3.8, 4) is 17.2 Å². The summed E-state index contributed by atoms with van der Waals surface area (Å²) in [5, 5.41) is 15.7. The number of carbonyl (C=O) groups is 1. The Morgan fingerprint density at radius 1 is 1.07 bits per heavy atom. The largest absolute Gasteiger partial charge is 0.503 e. The zero-order chi connectivity index (χ0) is 19.4. The van der Waals surface area contributed by atoms with Crippen LogP contribution in [-0.2, 0) is 0 Å². The predicted octanol–water partition coefficient (Wildman–Crippen LogP) is 4.09. The average molecular weight is 429 g/mol. The lowest BCUT2D eigenvalue weighted by molar-refractivity contribution is 0.0952. The van der Waals surface area contributed by atoms with Crippen molar-refractivity contribution >= 4 is 38.8 Å². The normalized spacial score (nSPS) is 10.9. The summed E-state index contributed by atoms with van der Waals surface area (Å²) < 4.78 is 10.9. The average Bonchev–Trinajstić information content (AvgIpc) is 2.69. The molecule has 0 saturated heterocycles. The number of nitrogens with one attached hydrogen (secondary N) is 1. The minimum absolute atomic E-state index is 0.000384. The van der Waals surface area contributed by atoms with Crippen LogP contribution in [0.1, 0.15) is 15.9 Å². The zero-order valence-electron chi connectivity index (χ0n) is 14.7. The number of benzene rings is 3. The van der Waals surface area contributed by atoms with Gasteiger partial charge in [0.25, 0.3) is 5.91 Å². The number of phenols is 1. The second-order valence-electron chi connectivity index (χ2n) is 5.65. The van der Waals surface area contributed by atoms with E-state index >= 15 is 0 Å². The number of hydrogen-bond acceptors (Lipinski definition) is 5. The second kappa shape index (κ2) is 8.09. The Balaban J connectivity index is 1.83. The predicted molar refractivity (Wildman–Crippen MR) is 108 cm³/mol. The third-order valence-corrected chi connectivity index (χ3v) is 4.57. The molecule has 27 heavy (non-hydrogen) atoms. The minimum atomic E-state index is -0.390. The Labute approximate surface area is 164 Å². The van der Waals surface area contributed by atoms with Gasteiger partial charge in [-0.3, -0.25) is 4.79 Å². The molecule has 6 nitrogen and oxygen atoms in total. The highest BCUT2D eigenvalue weighted by molar-refractivity contribution is 9.10. The topological polar surface area (TPSA) is 80.2 Å². The molecular formula is C20H17BrN2O4. The lowest BCUT2D eigenvalue weighted by atomic mass is 10.1. The third kappa shape index (κ3) is 4.03. The summed E-state index contributed by atoms with van der Waals surface area (Å²) in [6.45, 7) is 0. The highest BCUT2D eigenvalue weighted by Gasteiger charge is 2.13. The Morgan fingerprint density at radius 3 is 2.41 bits per heavy atom. The molecule has 0 fully saturated rings. The van der Waals surface area contributed by atoms with Crippen molar-refractivity contribution in [2.75, 3.05) is 14.2 Å². The van der Waals surface area contributed by atoms with Crippen molar-refractivity contribution in [3.63, 3.8) is 0 Å². The molecule has 1 amide bonds. The van der Waals surface area contributed by atoms with Gasteiger partial charge in [0, 0.05) is 0 Å². The van der Waals surface area contributed by atoms with Gasteiger partial charge < -0.3 is 14.6 Å². The number of nitrogens with zero attached hydrogens (tertiary/aromatic N) is 1. The van der Waals surface area contributed by atoms with Crippen LogP contribution < -0.4 is 14.9 Å². The molecule has 0 bridgehead atoms. The molecule has 138 valence electrons. The van der Waals surface area contributed by atoms with Gasteiger partial charge in [-0.05, 0) is 56.5 Å². The first-order chi connectivity index (χ1) is 13.0. The van der Waals surface area contributed by atoms with Gasteiger partial charge in [0.05, 0.1) is 30.5 Å². The van der Waals surface area contributed by atoms with Gasteiger partial charge in [-0.2, -0.15) is 5.10 Å². The summed E-state index contributed by atoms with van der Waals surface area (Å²) in [5.74, 6) is 0.377. The first-order valence-corrected chi connectivity index (χ1v) is 8.79. The van der Waals surface area contributed by atoms with Crippen LogP contribution in [0, 0.1) is 0 Å². The molecule has 0 radical (unpaired) electrons. The van der Waals surface area contributed by atoms with E-state index in [9.17, 15) is 9.90 Å². The molecule has 0 spiro atoms. The van der Waals surface area contributed by atoms with E-state index in [2.05, 4.69) is 26.5 Å². The van der Waals surface area contributed by atoms with E-state index in [0.717, 1.165) is 10.8 Å². The van der Waals surface area contributed by atoms with Crippen molar-refractivity contribution in [1.82, 2.24) is 5.43 Å². The van der Waals surface area contributed by atoms with Crippen LogP contribution in [0.25, 0.3) is 10.8 Å². The first-order valence-electron chi connectivity index (χ1n) is 8.00. The van der Waals surface area contributed by atoms with Crippen molar-refractivity contribution < 1.29 is 19.4 Å². The van der Waals surface area contributed by atoms with Gasteiger partial charge in [-0.15, -0.1) is 0 Å². The summed E-state index contributed by atoms with van der Waals surface area (Å²) >= 11 is 3.24. The number of ether oxygens (including phenoxy) is 2. The molecule has 0 saturated carbocycles. The molecule has 3 rings (SSSR count). The quantitative estimate of drug-likeness (QED) is 0.473. The molecule has 0 unspecified atom stereocenters. The SMILES string of the molecule is COc1cc2ccccc2cc1C(=O)N/N=C/c1cc(Br)c(O)c(OC)c1. The van der Waals surface area contributed by atoms with Crippen molar-refractivity contribution in [2.45, 2.75) is 0 Å². The first kappa shape index (κ1) is 18.7. The minimum Gasteiger partial charge on any atom is -0.503 e. The Kier molecular flexibility index (Phi) is 5.61. The maximum absolute atomic E-state index is 12.5. The van der Waals surface area contributed by atoms with Gasteiger partial charge >= 0.3 is 0 Å². The number of amides is 1. The Morgan fingerprint density at radius 2 is 1.74 bits per heavy atom. The number of methoxy groups -OCH3 is 2. The second-order valence-corrected chi connectivity index (χ2v) is 6.51. The van der Waals surface area contributed by atoms with Crippen LogP contribution in [0.2, 0.25) is 0 Å². The van der Waals surface area contributed by atoms with Gasteiger partial charge in [0.1, 0.15) is 5.75 Å². The molecule has 0 aliphatic carbocycles. The van der Waals surface area contributed by atoms with E-state index in [0.29, 0.717) is 27.1 Å². The fourth-order valence-electron chi connectivity index (χ4n) is 2.62. The molecule has 3 aromatic carbocycles. The number of phenolic OH excluding ortho intramolecular Hbond substituents is 1. The summed E-state index contributed by atoms with van der Waals surface area (Å²) in [6, 6.07) is 14.6. The monoisotopic (exact) mass is 428 g/mol.